The topological polar surface area (TPSA) is 62.0 Å². The van der Waals surface area contributed by atoms with Gasteiger partial charge in [0.25, 0.3) is 11.7 Å². The van der Waals surface area contributed by atoms with Gasteiger partial charge in [0.1, 0.15) is 0 Å². The molecule has 19 heavy (non-hydrogen) atoms. The molecule has 0 aliphatic rings. The molecular weight excluding hydrogens is 240 g/mol. The zero-order valence-electron chi connectivity index (χ0n) is 11.6. The number of carbonyl (C=O) groups excluding carboxylic acids is 2. The highest BCUT2D eigenvalue weighted by Crippen LogP contribution is 2.22. The molecule has 4 heteroatoms. The Morgan fingerprint density at radius 3 is 2.42 bits per heavy atom. The Morgan fingerprint density at radius 1 is 1.16 bits per heavy atom. The third-order valence-electron chi connectivity index (χ3n) is 2.82. The van der Waals surface area contributed by atoms with Crippen LogP contribution in [0.3, 0.4) is 0 Å². The smallest absolute Gasteiger partial charge is 0.292 e. The fourth-order valence-electron chi connectivity index (χ4n) is 2.08. The molecule has 2 N–H and O–H groups in total. The summed E-state index contributed by atoms with van der Waals surface area (Å²) < 4.78 is 0. The van der Waals surface area contributed by atoms with Crippen molar-refractivity contribution < 1.29 is 9.59 Å². The summed E-state index contributed by atoms with van der Waals surface area (Å²) in [6.45, 7) is 7.35. The maximum Gasteiger partial charge on any atom is 0.292 e. The Kier molecular flexibility index (Phi) is 3.18. The average molecular weight is 258 g/mol. The van der Waals surface area contributed by atoms with Crippen molar-refractivity contribution in [3.63, 3.8) is 0 Å². The number of ketones is 1. The summed E-state index contributed by atoms with van der Waals surface area (Å²) in [7, 11) is 0. The number of nitrogens with one attached hydrogen (secondary N) is 2. The second-order valence-electron chi connectivity index (χ2n) is 5.70. The van der Waals surface area contributed by atoms with Crippen LogP contribution in [0.15, 0.2) is 24.3 Å². The first kappa shape index (κ1) is 13.3. The van der Waals surface area contributed by atoms with Crippen molar-refractivity contribution in [2.75, 3.05) is 0 Å². The van der Waals surface area contributed by atoms with Crippen molar-refractivity contribution in [3.8, 4) is 0 Å². The minimum absolute atomic E-state index is 0.424. The van der Waals surface area contributed by atoms with Crippen LogP contribution in [0.1, 0.15) is 36.8 Å². The number of amides is 1. The number of fused-ring (bicyclic) bond motifs is 1. The fraction of sp³-hybridized carbons (Fsp3) is 0.333. The van der Waals surface area contributed by atoms with E-state index in [1.807, 2.05) is 45.0 Å². The maximum absolute atomic E-state index is 12.3. The second kappa shape index (κ2) is 4.53. The molecule has 0 saturated carbocycles. The molecule has 4 nitrogen and oxygen atoms in total. The van der Waals surface area contributed by atoms with E-state index in [0.29, 0.717) is 5.56 Å². The van der Waals surface area contributed by atoms with Gasteiger partial charge in [-0.25, -0.2) is 0 Å². The summed E-state index contributed by atoms with van der Waals surface area (Å²) in [5, 5.41) is 3.48. The third-order valence-corrected chi connectivity index (χ3v) is 2.82. The first-order valence-electron chi connectivity index (χ1n) is 6.24. The summed E-state index contributed by atoms with van der Waals surface area (Å²) in [5.74, 6) is -1.06. The number of aryl methyl sites for hydroxylation is 1. The van der Waals surface area contributed by atoms with Crippen LogP contribution in [-0.2, 0) is 4.79 Å². The van der Waals surface area contributed by atoms with Gasteiger partial charge in [0.05, 0.1) is 5.56 Å². The zero-order valence-corrected chi connectivity index (χ0v) is 11.6. The quantitative estimate of drug-likeness (QED) is 0.642. The van der Waals surface area contributed by atoms with Crippen LogP contribution in [0.5, 0.6) is 0 Å². The van der Waals surface area contributed by atoms with Gasteiger partial charge in [-0.3, -0.25) is 9.59 Å². The number of aromatic nitrogens is 1. The van der Waals surface area contributed by atoms with Gasteiger partial charge in [-0.1, -0.05) is 18.2 Å². The fourth-order valence-corrected chi connectivity index (χ4v) is 2.08. The minimum Gasteiger partial charge on any atom is -0.358 e. The Labute approximate surface area is 112 Å². The van der Waals surface area contributed by atoms with Gasteiger partial charge < -0.3 is 10.3 Å². The summed E-state index contributed by atoms with van der Waals surface area (Å²) in [6.07, 6.45) is 0. The lowest BCUT2D eigenvalue weighted by atomic mass is 10.0. The monoisotopic (exact) mass is 258 g/mol. The number of carbonyl (C=O) groups is 2. The van der Waals surface area contributed by atoms with Gasteiger partial charge in [0.15, 0.2) is 0 Å². The zero-order chi connectivity index (χ0) is 14.2. The Hall–Kier alpha value is -2.10. The van der Waals surface area contributed by atoms with E-state index in [-0.39, 0.29) is 0 Å². The highest BCUT2D eigenvalue weighted by atomic mass is 16.2. The summed E-state index contributed by atoms with van der Waals surface area (Å²) in [5.41, 5.74) is 1.62. The Morgan fingerprint density at radius 2 is 1.79 bits per heavy atom. The summed E-state index contributed by atoms with van der Waals surface area (Å²) in [6, 6.07) is 7.48. The van der Waals surface area contributed by atoms with Crippen LogP contribution in [0.25, 0.3) is 10.9 Å². The van der Waals surface area contributed by atoms with Crippen LogP contribution in [0, 0.1) is 6.92 Å². The van der Waals surface area contributed by atoms with E-state index in [9.17, 15) is 9.59 Å². The molecule has 100 valence electrons. The molecule has 0 unspecified atom stereocenters. The Balaban J connectivity index is 2.42. The van der Waals surface area contributed by atoms with Crippen LogP contribution in [0.4, 0.5) is 0 Å². The number of H-pyrrole nitrogens is 1. The molecule has 0 aliphatic heterocycles. The van der Waals surface area contributed by atoms with Crippen molar-refractivity contribution in [3.05, 3.63) is 35.5 Å². The normalized spacial score (nSPS) is 11.6. The molecule has 0 radical (unpaired) electrons. The minimum atomic E-state index is -0.569. The SMILES string of the molecule is Cc1[nH]c2ccccc2c1C(=O)C(=O)NC(C)(C)C. The molecule has 0 spiro atoms. The number of Topliss-reactive ketones (excluding diaryl/α,β-unsaturated/α-hetero) is 1. The highest BCUT2D eigenvalue weighted by Gasteiger charge is 2.25. The molecule has 2 rings (SSSR count). The van der Waals surface area contributed by atoms with Gasteiger partial charge >= 0.3 is 0 Å². The summed E-state index contributed by atoms with van der Waals surface area (Å²) in [4.78, 5) is 27.4. The predicted octanol–water partition coefficient (Wildman–Crippen LogP) is 2.57. The van der Waals surface area contributed by atoms with Gasteiger partial charge in [0.2, 0.25) is 0 Å². The van der Waals surface area contributed by atoms with Crippen molar-refractivity contribution in [1.82, 2.24) is 10.3 Å². The van der Waals surface area contributed by atoms with E-state index in [1.54, 1.807) is 6.92 Å². The van der Waals surface area contributed by atoms with Crippen molar-refractivity contribution in [1.29, 1.82) is 0 Å². The van der Waals surface area contributed by atoms with E-state index < -0.39 is 17.2 Å². The molecule has 0 bridgehead atoms. The first-order valence-corrected chi connectivity index (χ1v) is 6.24. The molecule has 1 aromatic carbocycles. The lowest BCUT2D eigenvalue weighted by Crippen LogP contribution is -2.44. The molecule has 0 saturated heterocycles. The summed E-state index contributed by atoms with van der Waals surface area (Å²) >= 11 is 0. The molecule has 0 aliphatic carbocycles. The molecule has 0 atom stereocenters. The van der Waals surface area contributed by atoms with E-state index in [0.717, 1.165) is 16.6 Å². The standard InChI is InChI=1S/C15H18N2O2/c1-9-12(10-7-5-6-8-11(10)16-9)13(18)14(19)17-15(2,3)4/h5-8,16H,1-4H3,(H,17,19). The van der Waals surface area contributed by atoms with Crippen LogP contribution >= 0.6 is 0 Å². The van der Waals surface area contributed by atoms with Gasteiger partial charge in [-0.05, 0) is 33.8 Å². The van der Waals surface area contributed by atoms with E-state index >= 15 is 0 Å². The third kappa shape index (κ3) is 2.67. The van der Waals surface area contributed by atoms with E-state index in [4.69, 9.17) is 0 Å². The van der Waals surface area contributed by atoms with Gasteiger partial charge in [-0.2, -0.15) is 0 Å². The molecule has 1 aromatic heterocycles. The van der Waals surface area contributed by atoms with E-state index in [1.165, 1.54) is 0 Å². The van der Waals surface area contributed by atoms with Crippen molar-refractivity contribution in [2.45, 2.75) is 33.2 Å². The van der Waals surface area contributed by atoms with Gasteiger partial charge in [-0.15, -0.1) is 0 Å². The number of aromatic amines is 1. The second-order valence-corrected chi connectivity index (χ2v) is 5.70. The maximum atomic E-state index is 12.3. The largest absolute Gasteiger partial charge is 0.358 e. The van der Waals surface area contributed by atoms with Crippen LogP contribution in [-0.4, -0.2) is 22.2 Å². The van der Waals surface area contributed by atoms with Crippen LogP contribution in [0.2, 0.25) is 0 Å². The number of benzene rings is 1. The number of para-hydroxylation sites is 1. The molecule has 0 fully saturated rings. The molecule has 2 aromatic rings. The first-order chi connectivity index (χ1) is 8.79. The van der Waals surface area contributed by atoms with Gasteiger partial charge in [0, 0.05) is 22.1 Å². The molecule has 1 heterocycles. The highest BCUT2D eigenvalue weighted by molar-refractivity contribution is 6.45. The number of hydrogen-bond acceptors (Lipinski definition) is 2. The average Bonchev–Trinajstić information content (AvgIpc) is 2.61. The Bertz CT molecular complexity index is 648. The van der Waals surface area contributed by atoms with Crippen molar-refractivity contribution >= 4 is 22.6 Å². The van der Waals surface area contributed by atoms with Crippen molar-refractivity contribution in [2.24, 2.45) is 0 Å². The van der Waals surface area contributed by atoms with Crippen LogP contribution < -0.4 is 5.32 Å². The van der Waals surface area contributed by atoms with E-state index in [2.05, 4.69) is 10.3 Å². The lowest BCUT2D eigenvalue weighted by Gasteiger charge is -2.19. The number of hydrogen-bond donors (Lipinski definition) is 2. The molecule has 1 amide bonds. The lowest BCUT2D eigenvalue weighted by molar-refractivity contribution is -0.118. The predicted molar refractivity (Wildman–Crippen MR) is 75.3 cm³/mol. The number of rotatable bonds is 2. The molecular formula is C15H18N2O2.